The van der Waals surface area contributed by atoms with Crippen molar-refractivity contribution in [3.8, 4) is 0 Å². The molecule has 1 fully saturated rings. The van der Waals surface area contributed by atoms with E-state index in [1.807, 2.05) is 6.07 Å². The fraction of sp³-hybridized carbons (Fsp3) is 0.500. The standard InChI is InChI=1S/C12H19N3O2/c1-7(16)9-4-8(13)2-3-10(9)15-11-5-14-6-12(11)17/h2-4,7,11-12,14-17H,5-6,13H2,1H3. The molecule has 3 unspecified atom stereocenters. The number of aliphatic hydroxyl groups excluding tert-OH is 2. The highest BCUT2D eigenvalue weighted by atomic mass is 16.3. The Morgan fingerprint density at radius 2 is 2.24 bits per heavy atom. The summed E-state index contributed by atoms with van der Waals surface area (Å²) in [5, 5.41) is 25.8. The molecule has 1 saturated heterocycles. The summed E-state index contributed by atoms with van der Waals surface area (Å²) >= 11 is 0. The Labute approximate surface area is 101 Å². The van der Waals surface area contributed by atoms with Crippen molar-refractivity contribution in [3.05, 3.63) is 23.8 Å². The summed E-state index contributed by atoms with van der Waals surface area (Å²) in [7, 11) is 0. The van der Waals surface area contributed by atoms with Crippen molar-refractivity contribution in [2.24, 2.45) is 0 Å². The number of nitrogens with one attached hydrogen (secondary N) is 2. The summed E-state index contributed by atoms with van der Waals surface area (Å²) in [5.41, 5.74) is 7.90. The summed E-state index contributed by atoms with van der Waals surface area (Å²) in [6.07, 6.45) is -0.998. The maximum Gasteiger partial charge on any atom is 0.0877 e. The highest BCUT2D eigenvalue weighted by Crippen LogP contribution is 2.26. The van der Waals surface area contributed by atoms with Crippen molar-refractivity contribution < 1.29 is 10.2 Å². The number of benzene rings is 1. The molecular weight excluding hydrogens is 218 g/mol. The summed E-state index contributed by atoms with van der Waals surface area (Å²) in [6, 6.07) is 5.34. The minimum absolute atomic E-state index is 0.0314. The third kappa shape index (κ3) is 2.69. The molecule has 0 amide bonds. The highest BCUT2D eigenvalue weighted by Gasteiger charge is 2.25. The second-order valence-electron chi connectivity index (χ2n) is 4.50. The summed E-state index contributed by atoms with van der Waals surface area (Å²) in [5.74, 6) is 0. The molecule has 0 spiro atoms. The van der Waals surface area contributed by atoms with Crippen LogP contribution in [0.15, 0.2) is 18.2 Å². The van der Waals surface area contributed by atoms with Gasteiger partial charge in [0.15, 0.2) is 0 Å². The number of hydrogen-bond donors (Lipinski definition) is 5. The van der Waals surface area contributed by atoms with Crippen molar-refractivity contribution in [2.45, 2.75) is 25.2 Å². The summed E-state index contributed by atoms with van der Waals surface area (Å²) in [4.78, 5) is 0. The molecule has 1 aliphatic heterocycles. The number of nitrogens with two attached hydrogens (primary N) is 1. The first kappa shape index (κ1) is 12.2. The maximum absolute atomic E-state index is 9.72. The lowest BCUT2D eigenvalue weighted by atomic mass is 10.1. The largest absolute Gasteiger partial charge is 0.399 e. The smallest absolute Gasteiger partial charge is 0.0877 e. The van der Waals surface area contributed by atoms with Gasteiger partial charge in [-0.3, -0.25) is 0 Å². The summed E-state index contributed by atoms with van der Waals surface area (Å²) < 4.78 is 0. The molecule has 2 rings (SSSR count). The zero-order valence-corrected chi connectivity index (χ0v) is 9.85. The van der Waals surface area contributed by atoms with Gasteiger partial charge < -0.3 is 26.6 Å². The molecular formula is C12H19N3O2. The van der Waals surface area contributed by atoms with Crippen LogP contribution in [0, 0.1) is 0 Å². The Hall–Kier alpha value is -1.30. The molecule has 5 heteroatoms. The van der Waals surface area contributed by atoms with Gasteiger partial charge in [-0.1, -0.05) is 0 Å². The molecule has 1 aliphatic rings. The van der Waals surface area contributed by atoms with Gasteiger partial charge in [0.2, 0.25) is 0 Å². The number of β-amino-alcohol motifs (C(OH)–C–C–N with tert-alkyl or cyclic N) is 1. The van der Waals surface area contributed by atoms with Crippen LogP contribution in [0.2, 0.25) is 0 Å². The van der Waals surface area contributed by atoms with Gasteiger partial charge in [0, 0.05) is 30.0 Å². The topological polar surface area (TPSA) is 90.5 Å². The first-order valence-corrected chi connectivity index (χ1v) is 5.80. The number of rotatable bonds is 3. The van der Waals surface area contributed by atoms with E-state index in [0.717, 1.165) is 11.3 Å². The first-order chi connectivity index (χ1) is 8.08. The van der Waals surface area contributed by atoms with E-state index in [0.29, 0.717) is 18.8 Å². The van der Waals surface area contributed by atoms with Crippen LogP contribution < -0.4 is 16.4 Å². The number of nitrogen functional groups attached to an aromatic ring is 1. The molecule has 1 heterocycles. The normalized spacial score (nSPS) is 25.8. The predicted molar refractivity (Wildman–Crippen MR) is 67.8 cm³/mol. The third-order valence-corrected chi connectivity index (χ3v) is 3.05. The third-order valence-electron chi connectivity index (χ3n) is 3.05. The minimum atomic E-state index is -0.590. The van der Waals surface area contributed by atoms with Gasteiger partial charge in [0.25, 0.3) is 0 Å². The van der Waals surface area contributed by atoms with Gasteiger partial charge in [-0.15, -0.1) is 0 Å². The quantitative estimate of drug-likeness (QED) is 0.480. The number of anilines is 2. The van der Waals surface area contributed by atoms with Crippen LogP contribution in [-0.2, 0) is 0 Å². The lowest BCUT2D eigenvalue weighted by Crippen LogP contribution is -2.32. The van der Waals surface area contributed by atoms with Gasteiger partial charge in [-0.2, -0.15) is 0 Å². The molecule has 17 heavy (non-hydrogen) atoms. The Morgan fingerprint density at radius 1 is 1.47 bits per heavy atom. The second-order valence-corrected chi connectivity index (χ2v) is 4.50. The molecule has 6 N–H and O–H groups in total. The van der Waals surface area contributed by atoms with Crippen molar-refractivity contribution in [2.75, 3.05) is 24.1 Å². The Bertz CT molecular complexity index is 395. The predicted octanol–water partition coefficient (Wildman–Crippen LogP) is 0.0667. The van der Waals surface area contributed by atoms with Gasteiger partial charge in [-0.25, -0.2) is 0 Å². The van der Waals surface area contributed by atoms with Crippen molar-refractivity contribution in [1.29, 1.82) is 0 Å². The zero-order valence-electron chi connectivity index (χ0n) is 9.85. The van der Waals surface area contributed by atoms with E-state index in [-0.39, 0.29) is 6.04 Å². The Morgan fingerprint density at radius 3 is 2.82 bits per heavy atom. The molecule has 1 aromatic rings. The van der Waals surface area contributed by atoms with Crippen molar-refractivity contribution in [3.63, 3.8) is 0 Å². The van der Waals surface area contributed by atoms with Crippen LogP contribution in [0.25, 0.3) is 0 Å². The minimum Gasteiger partial charge on any atom is -0.399 e. The number of aliphatic hydroxyl groups is 2. The van der Waals surface area contributed by atoms with E-state index in [9.17, 15) is 10.2 Å². The van der Waals surface area contributed by atoms with Crippen molar-refractivity contribution in [1.82, 2.24) is 5.32 Å². The van der Waals surface area contributed by atoms with Gasteiger partial charge in [0.05, 0.1) is 18.2 Å². The zero-order chi connectivity index (χ0) is 12.4. The monoisotopic (exact) mass is 237 g/mol. The van der Waals surface area contributed by atoms with Crippen LogP contribution in [-0.4, -0.2) is 35.4 Å². The molecule has 0 bridgehead atoms. The van der Waals surface area contributed by atoms with Gasteiger partial charge >= 0.3 is 0 Å². The van der Waals surface area contributed by atoms with E-state index < -0.39 is 12.2 Å². The van der Waals surface area contributed by atoms with Crippen LogP contribution in [0.4, 0.5) is 11.4 Å². The van der Waals surface area contributed by atoms with Gasteiger partial charge in [0.1, 0.15) is 0 Å². The fourth-order valence-corrected chi connectivity index (χ4v) is 2.07. The maximum atomic E-state index is 9.72. The molecule has 0 aliphatic carbocycles. The van der Waals surface area contributed by atoms with E-state index in [1.165, 1.54) is 0 Å². The Kier molecular flexibility index (Phi) is 3.51. The fourth-order valence-electron chi connectivity index (χ4n) is 2.07. The average molecular weight is 237 g/mol. The Balaban J connectivity index is 2.19. The van der Waals surface area contributed by atoms with Crippen LogP contribution in [0.3, 0.4) is 0 Å². The molecule has 94 valence electrons. The van der Waals surface area contributed by atoms with E-state index >= 15 is 0 Å². The first-order valence-electron chi connectivity index (χ1n) is 5.80. The van der Waals surface area contributed by atoms with Crippen molar-refractivity contribution >= 4 is 11.4 Å². The van der Waals surface area contributed by atoms with Crippen LogP contribution in [0.1, 0.15) is 18.6 Å². The molecule has 5 nitrogen and oxygen atoms in total. The van der Waals surface area contributed by atoms with E-state index in [2.05, 4.69) is 10.6 Å². The van der Waals surface area contributed by atoms with Crippen LogP contribution in [0.5, 0.6) is 0 Å². The SMILES string of the molecule is CC(O)c1cc(N)ccc1NC1CNCC1O. The average Bonchev–Trinajstić information content (AvgIpc) is 2.67. The highest BCUT2D eigenvalue weighted by molar-refractivity contribution is 5.59. The molecule has 3 atom stereocenters. The summed E-state index contributed by atoms with van der Waals surface area (Å²) in [6.45, 7) is 3.00. The second kappa shape index (κ2) is 4.91. The lowest BCUT2D eigenvalue weighted by Gasteiger charge is -2.21. The molecule has 0 saturated carbocycles. The molecule has 0 aromatic heterocycles. The van der Waals surface area contributed by atoms with E-state index in [4.69, 9.17) is 5.73 Å². The van der Waals surface area contributed by atoms with E-state index in [1.54, 1.807) is 19.1 Å². The molecule has 1 aromatic carbocycles. The lowest BCUT2D eigenvalue weighted by molar-refractivity contribution is 0.184. The van der Waals surface area contributed by atoms with Gasteiger partial charge in [-0.05, 0) is 25.1 Å². The number of hydrogen-bond acceptors (Lipinski definition) is 5. The molecule has 0 radical (unpaired) electrons. The van der Waals surface area contributed by atoms with Crippen LogP contribution >= 0.6 is 0 Å².